The number of nitrogens with one attached hydrogen (secondary N) is 3. The van der Waals surface area contributed by atoms with E-state index in [-0.39, 0.29) is 34.0 Å². The molecule has 2 aromatic heterocycles. The summed E-state index contributed by atoms with van der Waals surface area (Å²) in [6.07, 6.45) is 4.72. The van der Waals surface area contributed by atoms with Gasteiger partial charge in [-0.3, -0.25) is 9.78 Å². The number of rotatable bonds is 10. The highest BCUT2D eigenvalue weighted by atomic mass is 35.5. The van der Waals surface area contributed by atoms with Crippen LogP contribution in [0.15, 0.2) is 78.1 Å². The van der Waals surface area contributed by atoms with E-state index in [1.54, 1.807) is 74.8 Å². The van der Waals surface area contributed by atoms with E-state index in [1.165, 1.54) is 19.4 Å². The number of pyridine rings is 1. The minimum Gasteiger partial charge on any atom is -0.495 e. The molecule has 0 spiro atoms. The quantitative estimate of drug-likeness (QED) is 0.231. The maximum atomic E-state index is 12.9. The maximum absolute atomic E-state index is 12.9. The third-order valence-corrected chi connectivity index (χ3v) is 8.14. The number of sulfone groups is 1. The smallest absolute Gasteiger partial charge is 0.229 e. The number of methoxy groups -OCH3 is 1. The van der Waals surface area contributed by atoms with Crippen molar-refractivity contribution in [2.45, 2.75) is 30.4 Å². The topological polar surface area (TPSA) is 135 Å². The Morgan fingerprint density at radius 3 is 2.49 bits per heavy atom. The molecule has 0 unspecified atom stereocenters. The fraction of sp³-hybridized carbons (Fsp3) is 0.185. The van der Waals surface area contributed by atoms with Gasteiger partial charge in [0, 0.05) is 18.1 Å². The van der Waals surface area contributed by atoms with Crippen molar-refractivity contribution in [2.75, 3.05) is 23.1 Å². The molecule has 0 saturated carbocycles. The van der Waals surface area contributed by atoms with Gasteiger partial charge in [0.25, 0.3) is 0 Å². The van der Waals surface area contributed by atoms with Gasteiger partial charge in [0.1, 0.15) is 10.8 Å². The number of halogens is 1. The number of aromatic nitrogens is 3. The fourth-order valence-corrected chi connectivity index (χ4v) is 4.96. The number of ether oxygens (including phenoxy) is 1. The predicted octanol–water partition coefficient (Wildman–Crippen LogP) is 5.38. The van der Waals surface area contributed by atoms with E-state index < -0.39 is 15.1 Å². The van der Waals surface area contributed by atoms with Crippen LogP contribution < -0.4 is 20.7 Å². The summed E-state index contributed by atoms with van der Waals surface area (Å²) >= 11 is 6.35. The lowest BCUT2D eigenvalue weighted by Crippen LogP contribution is -2.15. The van der Waals surface area contributed by atoms with Crippen LogP contribution in [0.25, 0.3) is 0 Å². The van der Waals surface area contributed by atoms with Crippen LogP contribution in [0.5, 0.6) is 5.75 Å². The minimum absolute atomic E-state index is 0.121. The van der Waals surface area contributed by atoms with Gasteiger partial charge in [-0.05, 0) is 55.8 Å². The maximum Gasteiger partial charge on any atom is 0.229 e. The lowest BCUT2D eigenvalue weighted by Gasteiger charge is -2.16. The first-order valence-electron chi connectivity index (χ1n) is 11.9. The van der Waals surface area contributed by atoms with E-state index in [9.17, 15) is 13.2 Å². The molecule has 2 aromatic carbocycles. The molecule has 10 nitrogen and oxygen atoms in total. The third-order valence-electron chi connectivity index (χ3n) is 5.65. The van der Waals surface area contributed by atoms with Crippen LogP contribution in [-0.4, -0.2) is 41.6 Å². The van der Waals surface area contributed by atoms with Gasteiger partial charge in [-0.2, -0.15) is 4.98 Å². The van der Waals surface area contributed by atoms with Gasteiger partial charge in [0.15, 0.2) is 15.7 Å². The summed E-state index contributed by atoms with van der Waals surface area (Å²) in [4.78, 5) is 25.3. The zero-order valence-electron chi connectivity index (χ0n) is 21.5. The average molecular weight is 567 g/mol. The van der Waals surface area contributed by atoms with E-state index in [0.717, 1.165) is 5.56 Å². The van der Waals surface area contributed by atoms with Crippen LogP contribution in [0.4, 0.5) is 28.8 Å². The summed E-state index contributed by atoms with van der Waals surface area (Å²) < 4.78 is 31.2. The summed E-state index contributed by atoms with van der Waals surface area (Å²) in [7, 11) is -2.03. The molecule has 0 saturated heterocycles. The van der Waals surface area contributed by atoms with Crippen LogP contribution in [0.1, 0.15) is 19.4 Å². The van der Waals surface area contributed by atoms with E-state index in [4.69, 9.17) is 16.3 Å². The van der Waals surface area contributed by atoms with Crippen LogP contribution in [0.3, 0.4) is 0 Å². The van der Waals surface area contributed by atoms with Crippen molar-refractivity contribution in [3.8, 4) is 5.75 Å². The molecule has 0 bridgehead atoms. The standard InChI is InChI=1S/C27H27ClN6O4S/c1-17(2)39(36,37)24-7-5-4-6-21(24)32-26-20(28)16-30-27(34-26)33-22-14-18(8-9-23(22)38-3)15-25(35)31-19-10-12-29-13-11-19/h4-14,16-17H,15H2,1-3H3,(H,29,31,35)(H2,30,32,33,34). The van der Waals surface area contributed by atoms with Crippen LogP contribution in [0, 0.1) is 0 Å². The molecule has 12 heteroatoms. The first-order valence-corrected chi connectivity index (χ1v) is 13.9. The van der Waals surface area contributed by atoms with Crippen molar-refractivity contribution in [3.05, 3.63) is 83.8 Å². The first-order chi connectivity index (χ1) is 18.7. The molecular weight excluding hydrogens is 540 g/mol. The van der Waals surface area contributed by atoms with E-state index >= 15 is 0 Å². The number of hydrogen-bond donors (Lipinski definition) is 3. The number of carbonyl (C=O) groups excluding carboxylic acids is 1. The van der Waals surface area contributed by atoms with E-state index in [2.05, 4.69) is 30.9 Å². The van der Waals surface area contributed by atoms with Crippen molar-refractivity contribution in [1.29, 1.82) is 0 Å². The molecule has 202 valence electrons. The number of para-hydroxylation sites is 1. The van der Waals surface area contributed by atoms with Crippen molar-refractivity contribution in [1.82, 2.24) is 15.0 Å². The number of anilines is 5. The minimum atomic E-state index is -3.56. The SMILES string of the molecule is COc1ccc(CC(=O)Nc2ccncc2)cc1Nc1ncc(Cl)c(Nc2ccccc2S(=O)(=O)C(C)C)n1. The van der Waals surface area contributed by atoms with Gasteiger partial charge in [-0.25, -0.2) is 13.4 Å². The molecule has 2 heterocycles. The highest BCUT2D eigenvalue weighted by molar-refractivity contribution is 7.92. The van der Waals surface area contributed by atoms with Gasteiger partial charge >= 0.3 is 0 Å². The Kier molecular flexibility index (Phi) is 8.62. The highest BCUT2D eigenvalue weighted by Gasteiger charge is 2.23. The molecular formula is C27H27ClN6O4S. The van der Waals surface area contributed by atoms with Gasteiger partial charge in [0.2, 0.25) is 11.9 Å². The largest absolute Gasteiger partial charge is 0.495 e. The lowest BCUT2D eigenvalue weighted by atomic mass is 10.1. The molecule has 0 fully saturated rings. The zero-order valence-corrected chi connectivity index (χ0v) is 23.0. The first kappa shape index (κ1) is 27.8. The Labute approximate surface area is 231 Å². The summed E-state index contributed by atoms with van der Waals surface area (Å²) in [6, 6.07) is 15.3. The predicted molar refractivity (Wildman–Crippen MR) is 152 cm³/mol. The van der Waals surface area contributed by atoms with Crippen LogP contribution >= 0.6 is 11.6 Å². The monoisotopic (exact) mass is 566 g/mol. The van der Waals surface area contributed by atoms with Gasteiger partial charge in [0.05, 0.1) is 41.2 Å². The summed E-state index contributed by atoms with van der Waals surface area (Å²) in [5.74, 6) is 0.714. The molecule has 3 N–H and O–H groups in total. The van der Waals surface area contributed by atoms with Crippen molar-refractivity contribution in [3.63, 3.8) is 0 Å². The summed E-state index contributed by atoms with van der Waals surface area (Å²) in [5.41, 5.74) is 2.25. The molecule has 4 aromatic rings. The second kappa shape index (κ2) is 12.1. The van der Waals surface area contributed by atoms with E-state index in [1.807, 2.05) is 0 Å². The molecule has 39 heavy (non-hydrogen) atoms. The van der Waals surface area contributed by atoms with Crippen LogP contribution in [-0.2, 0) is 21.1 Å². The zero-order chi connectivity index (χ0) is 28.0. The van der Waals surface area contributed by atoms with Crippen molar-refractivity contribution in [2.24, 2.45) is 0 Å². The second-order valence-electron chi connectivity index (χ2n) is 8.73. The Hall–Kier alpha value is -4.22. The van der Waals surface area contributed by atoms with Crippen molar-refractivity contribution < 1.29 is 17.9 Å². The fourth-order valence-electron chi connectivity index (χ4n) is 3.62. The number of nitrogens with zero attached hydrogens (tertiary/aromatic N) is 3. The van der Waals surface area contributed by atoms with Gasteiger partial charge in [-0.15, -0.1) is 0 Å². The molecule has 0 radical (unpaired) electrons. The van der Waals surface area contributed by atoms with Gasteiger partial charge in [-0.1, -0.05) is 29.8 Å². The Bertz CT molecular complexity index is 1580. The molecule has 0 aliphatic carbocycles. The molecule has 0 aliphatic rings. The number of hydrogen-bond acceptors (Lipinski definition) is 9. The third kappa shape index (κ3) is 6.81. The average Bonchev–Trinajstić information content (AvgIpc) is 2.91. The molecule has 0 aliphatic heterocycles. The Morgan fingerprint density at radius 1 is 1.03 bits per heavy atom. The number of benzene rings is 2. The van der Waals surface area contributed by atoms with Crippen molar-refractivity contribution >= 4 is 56.2 Å². The summed E-state index contributed by atoms with van der Waals surface area (Å²) in [6.45, 7) is 3.24. The van der Waals surface area contributed by atoms with Crippen LogP contribution in [0.2, 0.25) is 5.02 Å². The normalized spacial score (nSPS) is 11.2. The number of carbonyl (C=O) groups is 1. The molecule has 1 amide bonds. The second-order valence-corrected chi connectivity index (χ2v) is 11.6. The van der Waals surface area contributed by atoms with Gasteiger partial charge < -0.3 is 20.7 Å². The molecule has 4 rings (SSSR count). The Morgan fingerprint density at radius 2 is 1.77 bits per heavy atom. The summed E-state index contributed by atoms with van der Waals surface area (Å²) in [5, 5.41) is 8.54. The molecule has 0 atom stereocenters. The Balaban J connectivity index is 1.57. The van der Waals surface area contributed by atoms with E-state index in [0.29, 0.717) is 22.8 Å². The number of amides is 1. The lowest BCUT2D eigenvalue weighted by molar-refractivity contribution is -0.115. The highest BCUT2D eigenvalue weighted by Crippen LogP contribution is 2.32.